The number of benzene rings is 1. The average Bonchev–Trinajstić information content (AvgIpc) is 2.51. The fourth-order valence-corrected chi connectivity index (χ4v) is 2.38. The third-order valence-electron chi connectivity index (χ3n) is 3.76. The Balaban J connectivity index is 1.83. The van der Waals surface area contributed by atoms with Gasteiger partial charge in [-0.15, -0.1) is 0 Å². The predicted octanol–water partition coefficient (Wildman–Crippen LogP) is 3.06. The van der Waals surface area contributed by atoms with Crippen LogP contribution in [0.25, 0.3) is 0 Å². The molecule has 0 saturated carbocycles. The highest BCUT2D eigenvalue weighted by Crippen LogP contribution is 2.28. The van der Waals surface area contributed by atoms with Gasteiger partial charge in [0.2, 0.25) is 5.91 Å². The van der Waals surface area contributed by atoms with Crippen molar-refractivity contribution in [3.63, 3.8) is 0 Å². The van der Waals surface area contributed by atoms with E-state index >= 15 is 0 Å². The number of carbonyl (C=O) groups excluding carboxylic acids is 1. The fourth-order valence-electron chi connectivity index (χ4n) is 2.38. The molecule has 1 N–H and O–H groups in total. The largest absolute Gasteiger partial charge is 0.484 e. The maximum Gasteiger partial charge on any atom is 0.422 e. The lowest BCUT2D eigenvalue weighted by Crippen LogP contribution is -2.44. The molecule has 0 unspecified atom stereocenters. The summed E-state index contributed by atoms with van der Waals surface area (Å²) in [6.07, 6.45) is -2.72. The molecule has 1 saturated heterocycles. The number of hydrogen-bond donors (Lipinski definition) is 1. The van der Waals surface area contributed by atoms with Gasteiger partial charge in [-0.3, -0.25) is 4.79 Å². The summed E-state index contributed by atoms with van der Waals surface area (Å²) in [6, 6.07) is 6.18. The molecular weight excluding hydrogens is 311 g/mol. The van der Waals surface area contributed by atoms with Gasteiger partial charge in [-0.25, -0.2) is 0 Å². The number of nitrogens with one attached hydrogen (secondary N) is 1. The zero-order valence-electron chi connectivity index (χ0n) is 12.9. The third-order valence-corrected chi connectivity index (χ3v) is 3.76. The van der Waals surface area contributed by atoms with Gasteiger partial charge >= 0.3 is 6.18 Å². The van der Waals surface area contributed by atoms with Crippen LogP contribution in [0.5, 0.6) is 5.75 Å². The number of rotatable bonds is 5. The number of hydrogen-bond acceptors (Lipinski definition) is 3. The van der Waals surface area contributed by atoms with Crippen molar-refractivity contribution >= 4 is 5.91 Å². The highest BCUT2D eigenvalue weighted by atomic mass is 19.4. The number of carbonyl (C=O) groups is 1. The van der Waals surface area contributed by atoms with Crippen molar-refractivity contribution in [2.75, 3.05) is 19.8 Å². The molecule has 128 valence electrons. The van der Waals surface area contributed by atoms with Crippen LogP contribution in [-0.4, -0.2) is 31.9 Å². The van der Waals surface area contributed by atoms with Crippen LogP contribution in [0.3, 0.4) is 0 Å². The van der Waals surface area contributed by atoms with Crippen molar-refractivity contribution in [3.8, 4) is 5.75 Å². The minimum absolute atomic E-state index is 0.0744. The standard InChI is InChI=1S/C16H20F3NO3/c1-15(7-2-8-22-10-15)14(21)20-9-12-3-5-13(6-4-12)23-11-16(17,18)19/h3-6H,2,7-11H2,1H3,(H,20,21)/t15-/m1/s1. The lowest BCUT2D eigenvalue weighted by molar-refractivity contribution is -0.153. The molecule has 23 heavy (non-hydrogen) atoms. The average molecular weight is 331 g/mol. The Kier molecular flexibility index (Phi) is 5.51. The minimum atomic E-state index is -4.36. The number of amides is 1. The van der Waals surface area contributed by atoms with E-state index in [2.05, 4.69) is 10.1 Å². The van der Waals surface area contributed by atoms with Crippen LogP contribution in [-0.2, 0) is 16.1 Å². The summed E-state index contributed by atoms with van der Waals surface area (Å²) in [7, 11) is 0. The zero-order valence-corrected chi connectivity index (χ0v) is 12.9. The summed E-state index contributed by atoms with van der Waals surface area (Å²) < 4.78 is 46.2. The molecule has 7 heteroatoms. The maximum atomic E-state index is 12.2. The second-order valence-electron chi connectivity index (χ2n) is 5.95. The smallest absolute Gasteiger partial charge is 0.422 e. The molecule has 0 aromatic heterocycles. The molecule has 1 fully saturated rings. The molecule has 0 aliphatic carbocycles. The van der Waals surface area contributed by atoms with Gasteiger partial charge in [-0.05, 0) is 37.5 Å². The Hall–Kier alpha value is -1.76. The van der Waals surface area contributed by atoms with Crippen molar-refractivity contribution in [1.29, 1.82) is 0 Å². The second kappa shape index (κ2) is 7.21. The molecule has 2 rings (SSSR count). The molecule has 1 aromatic carbocycles. The van der Waals surface area contributed by atoms with Gasteiger partial charge in [-0.2, -0.15) is 13.2 Å². The van der Waals surface area contributed by atoms with E-state index in [4.69, 9.17) is 4.74 Å². The molecule has 1 heterocycles. The van der Waals surface area contributed by atoms with Crippen LogP contribution in [0, 0.1) is 5.41 Å². The highest BCUT2D eigenvalue weighted by Gasteiger charge is 2.35. The molecule has 4 nitrogen and oxygen atoms in total. The van der Waals surface area contributed by atoms with Crippen molar-refractivity contribution in [2.45, 2.75) is 32.5 Å². The number of ether oxygens (including phenoxy) is 2. The first-order valence-corrected chi connectivity index (χ1v) is 7.43. The van der Waals surface area contributed by atoms with Crippen LogP contribution < -0.4 is 10.1 Å². The van der Waals surface area contributed by atoms with Gasteiger partial charge in [0.25, 0.3) is 0 Å². The lowest BCUT2D eigenvalue weighted by atomic mass is 9.84. The first-order valence-electron chi connectivity index (χ1n) is 7.43. The summed E-state index contributed by atoms with van der Waals surface area (Å²) in [5.41, 5.74) is 0.270. The van der Waals surface area contributed by atoms with Crippen molar-refractivity contribution in [1.82, 2.24) is 5.32 Å². The number of halogens is 3. The van der Waals surface area contributed by atoms with E-state index in [1.165, 1.54) is 12.1 Å². The zero-order chi connectivity index (χ0) is 16.9. The van der Waals surface area contributed by atoms with Crippen LogP contribution in [0.4, 0.5) is 13.2 Å². The van der Waals surface area contributed by atoms with Crippen molar-refractivity contribution in [2.24, 2.45) is 5.41 Å². The Morgan fingerprint density at radius 2 is 2.04 bits per heavy atom. The summed E-state index contributed by atoms with van der Waals surface area (Å²) in [6.45, 7) is 1.95. The molecule has 1 amide bonds. The summed E-state index contributed by atoms with van der Waals surface area (Å²) >= 11 is 0. The highest BCUT2D eigenvalue weighted by molar-refractivity contribution is 5.82. The maximum absolute atomic E-state index is 12.2. The molecule has 0 spiro atoms. The van der Waals surface area contributed by atoms with Crippen molar-refractivity contribution in [3.05, 3.63) is 29.8 Å². The predicted molar refractivity (Wildman–Crippen MR) is 78.0 cm³/mol. The quantitative estimate of drug-likeness (QED) is 0.902. The number of alkyl halides is 3. The van der Waals surface area contributed by atoms with Gasteiger partial charge < -0.3 is 14.8 Å². The first kappa shape index (κ1) is 17.6. The molecule has 0 bridgehead atoms. The SMILES string of the molecule is C[C@@]1(C(=O)NCc2ccc(OCC(F)(F)F)cc2)CCCOC1. The summed E-state index contributed by atoms with van der Waals surface area (Å²) in [4.78, 5) is 12.2. The van der Waals surface area contributed by atoms with E-state index in [1.807, 2.05) is 6.92 Å². The van der Waals surface area contributed by atoms with Crippen LogP contribution in [0.2, 0.25) is 0 Å². The van der Waals surface area contributed by atoms with E-state index < -0.39 is 18.2 Å². The van der Waals surface area contributed by atoms with Gasteiger partial charge in [-0.1, -0.05) is 12.1 Å². The van der Waals surface area contributed by atoms with Gasteiger partial charge in [0, 0.05) is 13.2 Å². The van der Waals surface area contributed by atoms with Gasteiger partial charge in [0.05, 0.1) is 12.0 Å². The summed E-state index contributed by atoms with van der Waals surface area (Å²) in [5.74, 6) is 0.0691. The summed E-state index contributed by atoms with van der Waals surface area (Å²) in [5, 5.41) is 2.85. The van der Waals surface area contributed by atoms with Crippen molar-refractivity contribution < 1.29 is 27.4 Å². The molecular formula is C16H20F3NO3. The minimum Gasteiger partial charge on any atom is -0.484 e. The van der Waals surface area contributed by atoms with Crippen LogP contribution in [0.1, 0.15) is 25.3 Å². The Bertz CT molecular complexity index is 522. The Labute approximate surface area is 133 Å². The molecule has 1 atom stereocenters. The Morgan fingerprint density at radius 1 is 1.35 bits per heavy atom. The second-order valence-corrected chi connectivity index (χ2v) is 5.95. The van der Waals surface area contributed by atoms with Crippen LogP contribution in [0.15, 0.2) is 24.3 Å². The monoisotopic (exact) mass is 331 g/mol. The topological polar surface area (TPSA) is 47.6 Å². The van der Waals surface area contributed by atoms with Gasteiger partial charge in [0.1, 0.15) is 5.75 Å². The third kappa shape index (κ3) is 5.42. The van der Waals surface area contributed by atoms with E-state index in [1.54, 1.807) is 12.1 Å². The van der Waals surface area contributed by atoms with E-state index in [-0.39, 0.29) is 11.7 Å². The van der Waals surface area contributed by atoms with Gasteiger partial charge in [0.15, 0.2) is 6.61 Å². The lowest BCUT2D eigenvalue weighted by Gasteiger charge is -2.31. The first-order chi connectivity index (χ1) is 10.8. The molecule has 1 aliphatic rings. The van der Waals surface area contributed by atoms with Crippen LogP contribution >= 0.6 is 0 Å². The van der Waals surface area contributed by atoms with E-state index in [9.17, 15) is 18.0 Å². The molecule has 1 aromatic rings. The van der Waals surface area contributed by atoms with E-state index in [0.29, 0.717) is 19.8 Å². The normalized spacial score (nSPS) is 21.7. The Morgan fingerprint density at radius 3 is 2.61 bits per heavy atom. The fraction of sp³-hybridized carbons (Fsp3) is 0.562. The van der Waals surface area contributed by atoms with E-state index in [0.717, 1.165) is 18.4 Å². The molecule has 1 aliphatic heterocycles. The molecule has 0 radical (unpaired) electrons.